The zero-order valence-electron chi connectivity index (χ0n) is 12.1. The Hall–Kier alpha value is -1.28. The first kappa shape index (κ1) is 17.1. The van der Waals surface area contributed by atoms with E-state index in [0.717, 1.165) is 10.5 Å². The number of aromatic nitrogens is 1. The Morgan fingerprint density at radius 3 is 2.36 bits per heavy atom. The summed E-state index contributed by atoms with van der Waals surface area (Å²) in [5, 5.41) is 0. The smallest absolute Gasteiger partial charge is 0.265 e. The van der Waals surface area contributed by atoms with Crippen molar-refractivity contribution in [1.82, 2.24) is 4.98 Å². The molecule has 1 unspecified atom stereocenters. The first-order chi connectivity index (χ1) is 10.4. The minimum absolute atomic E-state index is 0.127. The molecule has 0 aliphatic heterocycles. The van der Waals surface area contributed by atoms with Crippen LogP contribution in [0.2, 0.25) is 0 Å². The highest BCUT2D eigenvalue weighted by Gasteiger charge is 2.22. The van der Waals surface area contributed by atoms with Crippen LogP contribution in [-0.2, 0) is 14.3 Å². The Morgan fingerprint density at radius 1 is 1.18 bits per heavy atom. The lowest BCUT2D eigenvalue weighted by Gasteiger charge is -2.14. The van der Waals surface area contributed by atoms with E-state index in [2.05, 4.69) is 4.98 Å². The second-order valence-corrected chi connectivity index (χ2v) is 8.00. The standard InChI is InChI=1S/C15H15NO3S3/c1-11-3-5-14(6-4-11)22(17,18)19-12(2)15(20)21-13-7-9-16-10-8-13/h3-10,12H,1-2H3. The number of rotatable bonds is 5. The highest BCUT2D eigenvalue weighted by atomic mass is 32.2. The van der Waals surface area contributed by atoms with E-state index in [4.69, 9.17) is 16.4 Å². The maximum Gasteiger partial charge on any atom is 0.297 e. The molecule has 0 aliphatic carbocycles. The van der Waals surface area contributed by atoms with Gasteiger partial charge in [0, 0.05) is 17.3 Å². The number of hydrogen-bond donors (Lipinski definition) is 0. The molecule has 0 N–H and O–H groups in total. The quantitative estimate of drug-likeness (QED) is 0.465. The molecular formula is C15H15NO3S3. The van der Waals surface area contributed by atoms with E-state index in [9.17, 15) is 8.42 Å². The van der Waals surface area contributed by atoms with Gasteiger partial charge in [-0.15, -0.1) is 0 Å². The molecule has 2 aromatic rings. The minimum atomic E-state index is -3.83. The molecule has 0 saturated heterocycles. The summed E-state index contributed by atoms with van der Waals surface area (Å²) in [7, 11) is -3.83. The van der Waals surface area contributed by atoms with E-state index in [1.807, 2.05) is 6.92 Å². The number of hydrogen-bond acceptors (Lipinski definition) is 6. The van der Waals surface area contributed by atoms with Crippen molar-refractivity contribution in [2.75, 3.05) is 0 Å². The van der Waals surface area contributed by atoms with E-state index in [-0.39, 0.29) is 4.90 Å². The van der Waals surface area contributed by atoms with Crippen LogP contribution in [0.3, 0.4) is 0 Å². The summed E-state index contributed by atoms with van der Waals surface area (Å²) in [4.78, 5) is 4.94. The van der Waals surface area contributed by atoms with Crippen molar-refractivity contribution in [3.05, 3.63) is 54.4 Å². The van der Waals surface area contributed by atoms with Crippen LogP contribution in [-0.4, -0.2) is 23.7 Å². The van der Waals surface area contributed by atoms with Crippen molar-refractivity contribution < 1.29 is 12.6 Å². The maximum absolute atomic E-state index is 12.2. The van der Waals surface area contributed by atoms with E-state index >= 15 is 0 Å². The second kappa shape index (κ2) is 7.32. The van der Waals surface area contributed by atoms with Gasteiger partial charge in [-0.25, -0.2) is 0 Å². The third-order valence-electron chi connectivity index (χ3n) is 2.78. The van der Waals surface area contributed by atoms with E-state index < -0.39 is 16.2 Å². The monoisotopic (exact) mass is 353 g/mol. The van der Waals surface area contributed by atoms with Gasteiger partial charge >= 0.3 is 0 Å². The fourth-order valence-corrected chi connectivity index (χ4v) is 3.81. The molecule has 0 spiro atoms. The third kappa shape index (κ3) is 4.61. The molecule has 0 amide bonds. The average molecular weight is 353 g/mol. The van der Waals surface area contributed by atoms with E-state index in [1.165, 1.54) is 23.9 Å². The number of nitrogens with zero attached hydrogens (tertiary/aromatic N) is 1. The highest BCUT2D eigenvalue weighted by molar-refractivity contribution is 8.23. The molecule has 1 aromatic heterocycles. The lowest BCUT2D eigenvalue weighted by atomic mass is 10.2. The van der Waals surface area contributed by atoms with Gasteiger partial charge in [-0.3, -0.25) is 9.17 Å². The number of benzene rings is 1. The summed E-state index contributed by atoms with van der Waals surface area (Å²) in [6, 6.07) is 10.1. The average Bonchev–Trinajstić information content (AvgIpc) is 2.48. The molecule has 4 nitrogen and oxygen atoms in total. The fraction of sp³-hybridized carbons (Fsp3) is 0.200. The van der Waals surface area contributed by atoms with Crippen molar-refractivity contribution in [3.63, 3.8) is 0 Å². The summed E-state index contributed by atoms with van der Waals surface area (Å²) in [6.07, 6.45) is 2.60. The van der Waals surface area contributed by atoms with Crippen molar-refractivity contribution in [2.24, 2.45) is 0 Å². The van der Waals surface area contributed by atoms with Gasteiger partial charge in [0.05, 0.1) is 9.09 Å². The molecule has 116 valence electrons. The molecule has 22 heavy (non-hydrogen) atoms. The summed E-state index contributed by atoms with van der Waals surface area (Å²) in [5.74, 6) is 0. The van der Waals surface area contributed by atoms with Crippen LogP contribution in [0, 0.1) is 6.92 Å². The van der Waals surface area contributed by atoms with E-state index in [0.29, 0.717) is 4.20 Å². The number of pyridine rings is 1. The molecule has 7 heteroatoms. The van der Waals surface area contributed by atoms with Gasteiger partial charge in [0.1, 0.15) is 6.10 Å². The van der Waals surface area contributed by atoms with E-state index in [1.54, 1.807) is 43.6 Å². The van der Waals surface area contributed by atoms with Crippen molar-refractivity contribution in [2.45, 2.75) is 29.7 Å². The molecule has 1 atom stereocenters. The van der Waals surface area contributed by atoms with Crippen LogP contribution in [0.1, 0.15) is 12.5 Å². The number of thioether (sulfide) groups is 1. The van der Waals surface area contributed by atoms with Crippen LogP contribution < -0.4 is 0 Å². The second-order valence-electron chi connectivity index (χ2n) is 4.61. The largest absolute Gasteiger partial charge is 0.297 e. The Kier molecular flexibility index (Phi) is 5.69. The third-order valence-corrected chi connectivity index (χ3v) is 5.80. The molecule has 0 radical (unpaired) electrons. The Balaban J connectivity index is 2.05. The number of thiocarbonyl (C=S) groups is 1. The number of aryl methyl sites for hydroxylation is 1. The predicted octanol–water partition coefficient (Wildman–Crippen LogP) is 3.60. The van der Waals surface area contributed by atoms with Crippen molar-refractivity contribution >= 4 is 38.3 Å². The van der Waals surface area contributed by atoms with Crippen LogP contribution in [0.5, 0.6) is 0 Å². The van der Waals surface area contributed by atoms with Gasteiger partial charge in [-0.1, -0.05) is 41.7 Å². The van der Waals surface area contributed by atoms with Crippen LogP contribution >= 0.6 is 24.0 Å². The summed E-state index contributed by atoms with van der Waals surface area (Å²) < 4.78 is 30.1. The van der Waals surface area contributed by atoms with Gasteiger partial charge in [-0.05, 0) is 38.1 Å². The molecule has 2 rings (SSSR count). The highest BCUT2D eigenvalue weighted by Crippen LogP contribution is 2.24. The van der Waals surface area contributed by atoms with Gasteiger partial charge in [0.15, 0.2) is 0 Å². The zero-order chi connectivity index (χ0) is 16.2. The lowest BCUT2D eigenvalue weighted by molar-refractivity contribution is 0.295. The molecule has 0 fully saturated rings. The van der Waals surface area contributed by atoms with Crippen LogP contribution in [0.15, 0.2) is 58.6 Å². The van der Waals surface area contributed by atoms with Gasteiger partial charge in [-0.2, -0.15) is 8.42 Å². The Morgan fingerprint density at radius 2 is 1.77 bits per heavy atom. The molecule has 0 bridgehead atoms. The molecule has 1 heterocycles. The topological polar surface area (TPSA) is 56.3 Å². The van der Waals surface area contributed by atoms with Gasteiger partial charge in [0.2, 0.25) is 0 Å². The fourth-order valence-electron chi connectivity index (χ4n) is 1.60. The van der Waals surface area contributed by atoms with Crippen LogP contribution in [0.25, 0.3) is 0 Å². The maximum atomic E-state index is 12.2. The Bertz CT molecular complexity index is 743. The SMILES string of the molecule is Cc1ccc(S(=O)(=O)OC(C)C(=S)Sc2ccncc2)cc1. The van der Waals surface area contributed by atoms with Gasteiger partial charge in [0.25, 0.3) is 10.1 Å². The molecule has 0 aliphatic rings. The normalized spacial score (nSPS) is 12.8. The lowest BCUT2D eigenvalue weighted by Crippen LogP contribution is -2.21. The van der Waals surface area contributed by atoms with Gasteiger partial charge < -0.3 is 0 Å². The van der Waals surface area contributed by atoms with Crippen molar-refractivity contribution in [3.8, 4) is 0 Å². The Labute approximate surface area is 140 Å². The first-order valence-electron chi connectivity index (χ1n) is 6.50. The molecule has 1 aromatic carbocycles. The molecular weight excluding hydrogens is 338 g/mol. The molecule has 0 saturated carbocycles. The minimum Gasteiger partial charge on any atom is -0.265 e. The first-order valence-corrected chi connectivity index (χ1v) is 9.13. The van der Waals surface area contributed by atoms with Crippen molar-refractivity contribution in [1.29, 1.82) is 0 Å². The zero-order valence-corrected chi connectivity index (χ0v) is 14.5. The summed E-state index contributed by atoms with van der Waals surface area (Å²) in [5.41, 5.74) is 0.982. The summed E-state index contributed by atoms with van der Waals surface area (Å²) >= 11 is 6.54. The summed E-state index contributed by atoms with van der Waals surface area (Å²) in [6.45, 7) is 3.52. The van der Waals surface area contributed by atoms with Crippen LogP contribution in [0.4, 0.5) is 0 Å². The predicted molar refractivity (Wildman–Crippen MR) is 91.6 cm³/mol.